The van der Waals surface area contributed by atoms with Crippen molar-refractivity contribution < 1.29 is 18.3 Å². The molecule has 1 aromatic carbocycles. The molecule has 0 spiro atoms. The molecule has 0 saturated heterocycles. The fraction of sp³-hybridized carbons (Fsp3) is 0.364. The topological polar surface area (TPSA) is 52.3 Å². The molecule has 2 N–H and O–H groups in total. The van der Waals surface area contributed by atoms with E-state index in [0.717, 1.165) is 12.1 Å². The fourth-order valence-electron chi connectivity index (χ4n) is 1.31. The summed E-state index contributed by atoms with van der Waals surface area (Å²) in [7, 11) is 0. The minimum Gasteiger partial charge on any atom is -0.464 e. The number of ether oxygens (including phenoxy) is 1. The summed E-state index contributed by atoms with van der Waals surface area (Å²) in [5, 5.41) is 0.0894. The predicted octanol–water partition coefficient (Wildman–Crippen LogP) is 2.38. The van der Waals surface area contributed by atoms with Gasteiger partial charge in [-0.3, -0.25) is 0 Å². The summed E-state index contributed by atoms with van der Waals surface area (Å²) < 4.78 is 31.1. The van der Waals surface area contributed by atoms with Crippen LogP contribution in [0, 0.1) is 5.82 Å². The van der Waals surface area contributed by atoms with Gasteiger partial charge in [-0.05, 0) is 30.7 Å². The van der Waals surface area contributed by atoms with E-state index in [-0.39, 0.29) is 17.2 Å². The number of nitrogens with two attached hydrogens (primary N) is 1. The van der Waals surface area contributed by atoms with Gasteiger partial charge in [-0.25, -0.2) is 13.6 Å². The molecular formula is C11H12ClF2NO2. The molecular weight excluding hydrogens is 252 g/mol. The van der Waals surface area contributed by atoms with Crippen LogP contribution in [0.3, 0.4) is 0 Å². The Balaban J connectivity index is 2.87. The Bertz CT molecular complexity index is 394. The summed E-state index contributed by atoms with van der Waals surface area (Å²) in [6, 6.07) is 2.10. The van der Waals surface area contributed by atoms with Crippen LogP contribution in [0.2, 0.25) is 5.02 Å². The lowest BCUT2D eigenvalue weighted by atomic mass is 10.0. The van der Waals surface area contributed by atoms with E-state index in [1.807, 2.05) is 0 Å². The Labute approximate surface area is 103 Å². The number of benzene rings is 1. The molecule has 0 aliphatic carbocycles. The fourth-order valence-corrected chi connectivity index (χ4v) is 1.54. The zero-order valence-electron chi connectivity index (χ0n) is 9.12. The highest BCUT2D eigenvalue weighted by molar-refractivity contribution is 6.30. The van der Waals surface area contributed by atoms with Crippen LogP contribution < -0.4 is 5.73 Å². The van der Waals surface area contributed by atoms with Crippen molar-refractivity contribution >= 4 is 17.6 Å². The molecule has 0 fully saturated rings. The van der Waals surface area contributed by atoms with Crippen molar-refractivity contribution in [3.8, 4) is 0 Å². The predicted molar refractivity (Wildman–Crippen MR) is 59.9 cm³/mol. The monoisotopic (exact) mass is 263 g/mol. The SMILES string of the molecule is CCOC(=O)C(F)[C@@H](N)c1cc(F)cc(Cl)c1. The van der Waals surface area contributed by atoms with Crippen LogP contribution in [0.5, 0.6) is 0 Å². The van der Waals surface area contributed by atoms with Gasteiger partial charge in [0.25, 0.3) is 0 Å². The first-order chi connectivity index (χ1) is 7.95. The lowest BCUT2D eigenvalue weighted by molar-refractivity contribution is -0.149. The van der Waals surface area contributed by atoms with Gasteiger partial charge in [-0.15, -0.1) is 0 Å². The molecule has 17 heavy (non-hydrogen) atoms. The van der Waals surface area contributed by atoms with Crippen molar-refractivity contribution in [2.45, 2.75) is 19.1 Å². The first-order valence-corrected chi connectivity index (χ1v) is 5.35. The normalized spacial score (nSPS) is 14.2. The van der Waals surface area contributed by atoms with Crippen molar-refractivity contribution in [1.29, 1.82) is 0 Å². The standard InChI is InChI=1S/C11H12ClF2NO2/c1-2-17-11(16)9(14)10(15)6-3-7(12)5-8(13)4-6/h3-5,9-10H,2,15H2,1H3/t9?,10-/m0/s1. The molecule has 1 rings (SSSR count). The van der Waals surface area contributed by atoms with Crippen molar-refractivity contribution in [1.82, 2.24) is 0 Å². The molecule has 0 aliphatic heterocycles. The van der Waals surface area contributed by atoms with Crippen LogP contribution in [0.15, 0.2) is 18.2 Å². The Kier molecular flexibility index (Phi) is 4.84. The molecule has 0 radical (unpaired) electrons. The number of halogens is 3. The number of alkyl halides is 1. The average molecular weight is 264 g/mol. The van der Waals surface area contributed by atoms with E-state index in [1.165, 1.54) is 6.07 Å². The zero-order valence-corrected chi connectivity index (χ0v) is 9.88. The quantitative estimate of drug-likeness (QED) is 0.849. The van der Waals surface area contributed by atoms with E-state index in [0.29, 0.717) is 0 Å². The number of esters is 1. The lowest BCUT2D eigenvalue weighted by Crippen LogP contribution is -2.31. The van der Waals surface area contributed by atoms with Gasteiger partial charge in [0.15, 0.2) is 0 Å². The zero-order chi connectivity index (χ0) is 13.0. The summed E-state index contributed by atoms with van der Waals surface area (Å²) in [5.74, 6) is -1.71. The van der Waals surface area contributed by atoms with Gasteiger partial charge in [0.2, 0.25) is 6.17 Å². The third-order valence-electron chi connectivity index (χ3n) is 2.10. The molecule has 0 heterocycles. The first-order valence-electron chi connectivity index (χ1n) is 4.98. The highest BCUT2D eigenvalue weighted by Gasteiger charge is 2.28. The maximum Gasteiger partial charge on any atom is 0.342 e. The highest BCUT2D eigenvalue weighted by Crippen LogP contribution is 2.22. The van der Waals surface area contributed by atoms with Crippen molar-refractivity contribution in [2.75, 3.05) is 6.61 Å². The molecule has 0 amide bonds. The van der Waals surface area contributed by atoms with Gasteiger partial charge in [0, 0.05) is 5.02 Å². The van der Waals surface area contributed by atoms with Gasteiger partial charge in [-0.2, -0.15) is 0 Å². The van der Waals surface area contributed by atoms with Crippen LogP contribution in [0.1, 0.15) is 18.5 Å². The van der Waals surface area contributed by atoms with Crippen LogP contribution in [-0.2, 0) is 9.53 Å². The Morgan fingerprint density at radius 1 is 1.53 bits per heavy atom. The van der Waals surface area contributed by atoms with E-state index >= 15 is 0 Å². The van der Waals surface area contributed by atoms with E-state index in [4.69, 9.17) is 17.3 Å². The molecule has 6 heteroatoms. The Hall–Kier alpha value is -1.20. The molecule has 0 aliphatic rings. The van der Waals surface area contributed by atoms with Crippen LogP contribution in [-0.4, -0.2) is 18.7 Å². The van der Waals surface area contributed by atoms with Gasteiger partial charge < -0.3 is 10.5 Å². The maximum absolute atomic E-state index is 13.6. The first kappa shape index (κ1) is 13.9. The van der Waals surface area contributed by atoms with E-state index < -0.39 is 24.0 Å². The van der Waals surface area contributed by atoms with Gasteiger partial charge in [-0.1, -0.05) is 11.6 Å². The average Bonchev–Trinajstić information content (AvgIpc) is 2.26. The summed E-state index contributed by atoms with van der Waals surface area (Å²) in [6.07, 6.45) is -2.05. The molecule has 0 aromatic heterocycles. The molecule has 2 atom stereocenters. The molecule has 3 nitrogen and oxygen atoms in total. The van der Waals surface area contributed by atoms with Crippen molar-refractivity contribution in [2.24, 2.45) is 5.73 Å². The Morgan fingerprint density at radius 2 is 2.18 bits per heavy atom. The second kappa shape index (κ2) is 5.93. The second-order valence-electron chi connectivity index (χ2n) is 3.38. The van der Waals surface area contributed by atoms with E-state index in [2.05, 4.69) is 4.74 Å². The molecule has 94 valence electrons. The number of hydrogen-bond acceptors (Lipinski definition) is 3. The lowest BCUT2D eigenvalue weighted by Gasteiger charge is -2.16. The largest absolute Gasteiger partial charge is 0.464 e. The summed E-state index contributed by atoms with van der Waals surface area (Å²) >= 11 is 5.61. The van der Waals surface area contributed by atoms with E-state index in [9.17, 15) is 13.6 Å². The summed E-state index contributed by atoms with van der Waals surface area (Å²) in [5.41, 5.74) is 5.61. The van der Waals surface area contributed by atoms with E-state index in [1.54, 1.807) is 6.92 Å². The van der Waals surface area contributed by atoms with Crippen molar-refractivity contribution in [3.05, 3.63) is 34.6 Å². The highest BCUT2D eigenvalue weighted by atomic mass is 35.5. The van der Waals surface area contributed by atoms with Gasteiger partial charge in [0.05, 0.1) is 12.6 Å². The molecule has 0 saturated carbocycles. The Morgan fingerprint density at radius 3 is 2.71 bits per heavy atom. The second-order valence-corrected chi connectivity index (χ2v) is 3.82. The van der Waals surface area contributed by atoms with Gasteiger partial charge >= 0.3 is 5.97 Å². The third-order valence-corrected chi connectivity index (χ3v) is 2.32. The molecule has 1 unspecified atom stereocenters. The molecule has 1 aromatic rings. The smallest absolute Gasteiger partial charge is 0.342 e. The van der Waals surface area contributed by atoms with Crippen LogP contribution >= 0.6 is 11.6 Å². The third kappa shape index (κ3) is 3.64. The summed E-state index contributed by atoms with van der Waals surface area (Å²) in [4.78, 5) is 11.1. The number of carbonyl (C=O) groups excluding carboxylic acids is 1. The van der Waals surface area contributed by atoms with Gasteiger partial charge in [0.1, 0.15) is 5.82 Å². The minimum atomic E-state index is -2.05. The summed E-state index contributed by atoms with van der Waals surface area (Å²) in [6.45, 7) is 1.60. The number of carbonyl (C=O) groups is 1. The molecule has 0 bridgehead atoms. The number of rotatable bonds is 4. The number of hydrogen-bond donors (Lipinski definition) is 1. The van der Waals surface area contributed by atoms with Crippen LogP contribution in [0.4, 0.5) is 8.78 Å². The van der Waals surface area contributed by atoms with Crippen LogP contribution in [0.25, 0.3) is 0 Å². The maximum atomic E-state index is 13.6. The minimum absolute atomic E-state index is 0.0515. The van der Waals surface area contributed by atoms with Crippen molar-refractivity contribution in [3.63, 3.8) is 0 Å².